The third kappa shape index (κ3) is 47.5. The Hall–Kier alpha value is -1.10. The Morgan fingerprint density at radius 3 is 0.772 bits per heavy atom. The molecular weight excluding hydrogens is 705 g/mol. The smallest absolute Gasteiger partial charge is 0.306 e. The Balaban J connectivity index is 3.42. The van der Waals surface area contributed by atoms with E-state index in [0.717, 1.165) is 32.1 Å². The van der Waals surface area contributed by atoms with Crippen LogP contribution in [0.15, 0.2) is 0 Å². The normalized spacial score (nSPS) is 12.0. The van der Waals surface area contributed by atoms with Gasteiger partial charge in [-0.05, 0) is 12.8 Å². The van der Waals surface area contributed by atoms with Crippen molar-refractivity contribution in [1.82, 2.24) is 0 Å². The van der Waals surface area contributed by atoms with Crippen molar-refractivity contribution in [2.75, 3.05) is 13.2 Å². The Labute approximate surface area is 357 Å². The summed E-state index contributed by atoms with van der Waals surface area (Å²) in [7, 11) is 0. The summed E-state index contributed by atoms with van der Waals surface area (Å²) >= 11 is 0. The van der Waals surface area contributed by atoms with Crippen molar-refractivity contribution in [2.24, 2.45) is 0 Å². The summed E-state index contributed by atoms with van der Waals surface area (Å²) in [4.78, 5) is 24.5. The van der Waals surface area contributed by atoms with Gasteiger partial charge in [-0.1, -0.05) is 277 Å². The highest BCUT2D eigenvalue weighted by Gasteiger charge is 2.16. The van der Waals surface area contributed by atoms with E-state index in [0.29, 0.717) is 12.8 Å². The molecule has 0 aliphatic heterocycles. The quantitative estimate of drug-likeness (QED) is 0.0490. The molecule has 0 radical (unpaired) electrons. The number of carbonyl (C=O) groups excluding carboxylic acids is 2. The Morgan fingerprint density at radius 2 is 0.544 bits per heavy atom. The SMILES string of the molecule is CCCCCCCCCCCCCCCCCCCCCCCCC(=O)O[C@@H](CO)COC(=O)CCCCCCCCCCCCCCCCCCCCCCC. The molecule has 0 unspecified atom stereocenters. The van der Waals surface area contributed by atoms with Gasteiger partial charge in [0.15, 0.2) is 6.10 Å². The van der Waals surface area contributed by atoms with Crippen LogP contribution in [0.3, 0.4) is 0 Å². The number of aliphatic hydroxyl groups is 1. The molecule has 0 bridgehead atoms. The van der Waals surface area contributed by atoms with Gasteiger partial charge in [0.05, 0.1) is 6.61 Å². The molecule has 5 heteroatoms. The summed E-state index contributed by atoms with van der Waals surface area (Å²) < 4.78 is 10.7. The minimum Gasteiger partial charge on any atom is -0.462 e. The molecule has 57 heavy (non-hydrogen) atoms. The van der Waals surface area contributed by atoms with Gasteiger partial charge in [0, 0.05) is 12.8 Å². The predicted octanol–water partition coefficient (Wildman–Crippen LogP) is 17.0. The minimum absolute atomic E-state index is 0.0559. The maximum absolute atomic E-state index is 12.3. The van der Waals surface area contributed by atoms with Crippen molar-refractivity contribution in [1.29, 1.82) is 0 Å². The highest BCUT2D eigenvalue weighted by atomic mass is 16.6. The van der Waals surface area contributed by atoms with Gasteiger partial charge in [0.2, 0.25) is 0 Å². The van der Waals surface area contributed by atoms with Crippen molar-refractivity contribution in [2.45, 2.75) is 309 Å². The van der Waals surface area contributed by atoms with Crippen LogP contribution >= 0.6 is 0 Å². The van der Waals surface area contributed by atoms with Crippen LogP contribution in [-0.2, 0) is 19.1 Å². The molecule has 0 spiro atoms. The molecule has 1 N–H and O–H groups in total. The topological polar surface area (TPSA) is 72.8 Å². The van der Waals surface area contributed by atoms with Crippen LogP contribution in [0.4, 0.5) is 0 Å². The van der Waals surface area contributed by atoms with Gasteiger partial charge in [-0.3, -0.25) is 9.59 Å². The molecule has 0 aromatic carbocycles. The molecule has 0 aliphatic carbocycles. The Morgan fingerprint density at radius 1 is 0.333 bits per heavy atom. The van der Waals surface area contributed by atoms with E-state index in [2.05, 4.69) is 13.8 Å². The van der Waals surface area contributed by atoms with Crippen molar-refractivity contribution in [3.05, 3.63) is 0 Å². The fourth-order valence-corrected chi connectivity index (χ4v) is 8.21. The van der Waals surface area contributed by atoms with E-state index in [1.54, 1.807) is 0 Å². The number of ether oxygens (including phenoxy) is 2. The number of hydrogen-bond donors (Lipinski definition) is 1. The second-order valence-corrected chi connectivity index (χ2v) is 18.0. The fraction of sp³-hybridized carbons (Fsp3) is 0.962. The lowest BCUT2D eigenvalue weighted by molar-refractivity contribution is -0.161. The third-order valence-electron chi connectivity index (χ3n) is 12.2. The first kappa shape index (κ1) is 55.9. The van der Waals surface area contributed by atoms with Gasteiger partial charge in [-0.2, -0.15) is 0 Å². The van der Waals surface area contributed by atoms with E-state index < -0.39 is 6.10 Å². The van der Waals surface area contributed by atoms with Crippen LogP contribution < -0.4 is 0 Å². The zero-order chi connectivity index (χ0) is 41.4. The molecule has 0 rings (SSSR count). The summed E-state index contributed by atoms with van der Waals surface area (Å²) in [5.74, 6) is -0.565. The summed E-state index contributed by atoms with van der Waals surface area (Å²) in [5.41, 5.74) is 0. The molecular formula is C52H102O5. The minimum atomic E-state index is -0.763. The number of esters is 2. The molecule has 0 aromatic heterocycles. The largest absolute Gasteiger partial charge is 0.462 e. The molecule has 0 saturated carbocycles. The number of unbranched alkanes of at least 4 members (excludes halogenated alkanes) is 41. The molecule has 0 amide bonds. The van der Waals surface area contributed by atoms with Crippen LogP contribution in [0.2, 0.25) is 0 Å². The first-order valence-corrected chi connectivity index (χ1v) is 26.1. The molecule has 0 fully saturated rings. The fourth-order valence-electron chi connectivity index (χ4n) is 8.21. The van der Waals surface area contributed by atoms with E-state index in [9.17, 15) is 14.7 Å². The van der Waals surface area contributed by atoms with Gasteiger partial charge >= 0.3 is 11.9 Å². The van der Waals surface area contributed by atoms with E-state index in [-0.39, 0.29) is 25.2 Å². The molecule has 340 valence electrons. The van der Waals surface area contributed by atoms with E-state index in [1.165, 1.54) is 244 Å². The standard InChI is InChI=1S/C52H102O5/c1-3-5-7-9-11-13-15-17-19-21-23-25-27-29-31-33-35-37-39-41-43-45-47-52(55)57-50(48-53)49-56-51(54)46-44-42-40-38-36-34-32-30-28-26-24-22-20-18-16-14-12-10-8-6-4-2/h50,53H,3-49H2,1-2H3/t50-/m0/s1. The number of rotatable bonds is 49. The average Bonchev–Trinajstić information content (AvgIpc) is 3.21. The monoisotopic (exact) mass is 807 g/mol. The number of aliphatic hydroxyl groups excluding tert-OH is 1. The van der Waals surface area contributed by atoms with Crippen molar-refractivity contribution >= 4 is 11.9 Å². The van der Waals surface area contributed by atoms with Gasteiger partial charge < -0.3 is 14.6 Å². The molecule has 0 saturated heterocycles. The summed E-state index contributed by atoms with van der Waals surface area (Å²) in [6, 6.07) is 0. The lowest BCUT2D eigenvalue weighted by Gasteiger charge is -2.15. The molecule has 0 aromatic rings. The molecule has 5 nitrogen and oxygen atoms in total. The zero-order valence-corrected chi connectivity index (χ0v) is 38.9. The third-order valence-corrected chi connectivity index (χ3v) is 12.2. The van der Waals surface area contributed by atoms with Crippen LogP contribution in [0.25, 0.3) is 0 Å². The lowest BCUT2D eigenvalue weighted by atomic mass is 10.0. The van der Waals surface area contributed by atoms with E-state index in [4.69, 9.17) is 9.47 Å². The first-order chi connectivity index (χ1) is 28.1. The number of carbonyl (C=O) groups is 2. The summed E-state index contributed by atoms with van der Waals surface area (Å²) in [5, 5.41) is 9.63. The summed E-state index contributed by atoms with van der Waals surface area (Å²) in [6.45, 7) is 4.20. The van der Waals surface area contributed by atoms with Gasteiger partial charge in [0.25, 0.3) is 0 Å². The number of hydrogen-bond acceptors (Lipinski definition) is 5. The van der Waals surface area contributed by atoms with E-state index >= 15 is 0 Å². The highest BCUT2D eigenvalue weighted by molar-refractivity contribution is 5.70. The lowest BCUT2D eigenvalue weighted by Crippen LogP contribution is -2.28. The van der Waals surface area contributed by atoms with Crippen LogP contribution in [0, 0.1) is 0 Å². The maximum atomic E-state index is 12.3. The van der Waals surface area contributed by atoms with Crippen LogP contribution in [0.5, 0.6) is 0 Å². The molecule has 0 aliphatic rings. The second-order valence-electron chi connectivity index (χ2n) is 18.0. The molecule has 1 atom stereocenters. The van der Waals surface area contributed by atoms with Gasteiger partial charge in [-0.25, -0.2) is 0 Å². The second kappa shape index (κ2) is 49.3. The van der Waals surface area contributed by atoms with Gasteiger partial charge in [0.1, 0.15) is 6.61 Å². The Bertz CT molecular complexity index is 784. The van der Waals surface area contributed by atoms with Crippen molar-refractivity contribution in [3.63, 3.8) is 0 Å². The zero-order valence-electron chi connectivity index (χ0n) is 38.9. The van der Waals surface area contributed by atoms with Crippen molar-refractivity contribution < 1.29 is 24.2 Å². The highest BCUT2D eigenvalue weighted by Crippen LogP contribution is 2.18. The van der Waals surface area contributed by atoms with Crippen LogP contribution in [-0.4, -0.2) is 36.4 Å². The maximum Gasteiger partial charge on any atom is 0.306 e. The first-order valence-electron chi connectivity index (χ1n) is 26.1. The average molecular weight is 807 g/mol. The van der Waals surface area contributed by atoms with Gasteiger partial charge in [-0.15, -0.1) is 0 Å². The van der Waals surface area contributed by atoms with Crippen molar-refractivity contribution in [3.8, 4) is 0 Å². The summed E-state index contributed by atoms with van der Waals surface area (Å²) in [6.07, 6.45) is 57.8. The Kier molecular flexibility index (Phi) is 48.3. The molecule has 0 heterocycles. The predicted molar refractivity (Wildman–Crippen MR) is 247 cm³/mol. The van der Waals surface area contributed by atoms with Crippen LogP contribution in [0.1, 0.15) is 303 Å². The van der Waals surface area contributed by atoms with E-state index in [1.807, 2.05) is 0 Å².